The molecule has 31 heavy (non-hydrogen) atoms. The number of hydrogen-bond donors (Lipinski definition) is 1. The number of amides is 2. The van der Waals surface area contributed by atoms with Gasteiger partial charge in [0, 0.05) is 49.8 Å². The summed E-state index contributed by atoms with van der Waals surface area (Å²) in [6.07, 6.45) is -1.02. The van der Waals surface area contributed by atoms with Gasteiger partial charge in [-0.2, -0.15) is 13.2 Å². The van der Waals surface area contributed by atoms with E-state index in [1.165, 1.54) is 12.1 Å². The van der Waals surface area contributed by atoms with Crippen LogP contribution in [0.3, 0.4) is 0 Å². The van der Waals surface area contributed by atoms with Gasteiger partial charge in [-0.25, -0.2) is 4.79 Å². The van der Waals surface area contributed by atoms with Gasteiger partial charge in [-0.3, -0.25) is 4.98 Å². The van der Waals surface area contributed by atoms with Crippen LogP contribution >= 0.6 is 0 Å². The lowest BCUT2D eigenvalue weighted by molar-refractivity contribution is -0.137. The Bertz CT molecular complexity index is 1020. The van der Waals surface area contributed by atoms with Crippen molar-refractivity contribution >= 4 is 17.5 Å². The van der Waals surface area contributed by atoms with Crippen LogP contribution < -0.4 is 10.2 Å². The molecule has 0 aliphatic carbocycles. The minimum absolute atomic E-state index is 0.318. The number of halogens is 3. The molecule has 0 atom stereocenters. The molecule has 4 rings (SSSR count). The van der Waals surface area contributed by atoms with Crippen molar-refractivity contribution < 1.29 is 18.0 Å². The van der Waals surface area contributed by atoms with E-state index in [0.29, 0.717) is 31.9 Å². The van der Waals surface area contributed by atoms with Gasteiger partial charge in [-0.05, 0) is 48.5 Å². The second-order valence-electron chi connectivity index (χ2n) is 6.99. The Morgan fingerprint density at radius 2 is 1.55 bits per heavy atom. The molecule has 1 aromatic carbocycles. The third-order valence-electron chi connectivity index (χ3n) is 4.98. The van der Waals surface area contributed by atoms with Gasteiger partial charge < -0.3 is 15.1 Å². The molecule has 1 N–H and O–H groups in total. The highest BCUT2D eigenvalue weighted by Gasteiger charge is 2.30. The van der Waals surface area contributed by atoms with Crippen molar-refractivity contribution in [3.05, 3.63) is 66.5 Å². The van der Waals surface area contributed by atoms with Crippen LogP contribution in [0.2, 0.25) is 0 Å². The summed E-state index contributed by atoms with van der Waals surface area (Å²) >= 11 is 0. The molecular formula is C21H19F3N6O. The summed E-state index contributed by atoms with van der Waals surface area (Å²) in [4.78, 5) is 20.1. The van der Waals surface area contributed by atoms with Gasteiger partial charge in [0.05, 0.1) is 11.3 Å². The number of carbonyl (C=O) groups is 1. The molecule has 1 saturated heterocycles. The smallest absolute Gasteiger partial charge is 0.352 e. The van der Waals surface area contributed by atoms with Crippen molar-refractivity contribution in [1.82, 2.24) is 20.1 Å². The van der Waals surface area contributed by atoms with Crippen LogP contribution in [0.1, 0.15) is 5.56 Å². The Kier molecular flexibility index (Phi) is 5.70. The number of nitrogens with one attached hydrogen (secondary N) is 1. The van der Waals surface area contributed by atoms with E-state index < -0.39 is 11.7 Å². The number of pyridine rings is 1. The standard InChI is InChI=1S/C21H19F3N6O/c22-21(23,24)16-1-3-17(4-2-16)26-20(31)30-13-11-29(12-14-30)19-6-5-18(27-28-19)15-7-9-25-10-8-15/h1-10H,11-14H2,(H,26,31). The molecule has 3 aromatic rings. The molecule has 0 bridgehead atoms. The fraction of sp³-hybridized carbons (Fsp3) is 0.238. The first kappa shape index (κ1) is 20.6. The van der Waals surface area contributed by atoms with Gasteiger partial charge >= 0.3 is 12.2 Å². The summed E-state index contributed by atoms with van der Waals surface area (Å²) in [5, 5.41) is 11.2. The number of urea groups is 1. The van der Waals surface area contributed by atoms with Gasteiger partial charge in [-0.1, -0.05) is 0 Å². The first-order valence-electron chi connectivity index (χ1n) is 9.62. The minimum Gasteiger partial charge on any atom is -0.352 e. The van der Waals surface area contributed by atoms with Gasteiger partial charge in [-0.15, -0.1) is 10.2 Å². The molecule has 0 saturated carbocycles. The van der Waals surface area contributed by atoms with E-state index in [2.05, 4.69) is 20.5 Å². The first-order chi connectivity index (χ1) is 14.9. The predicted molar refractivity (Wildman–Crippen MR) is 110 cm³/mol. The molecule has 0 unspecified atom stereocenters. The maximum Gasteiger partial charge on any atom is 0.416 e. The third kappa shape index (κ3) is 4.90. The van der Waals surface area contributed by atoms with Gasteiger partial charge in [0.25, 0.3) is 0 Å². The van der Waals surface area contributed by atoms with Crippen LogP contribution in [0.25, 0.3) is 11.3 Å². The quantitative estimate of drug-likeness (QED) is 0.685. The Morgan fingerprint density at radius 3 is 2.13 bits per heavy atom. The molecular weight excluding hydrogens is 409 g/mol. The van der Waals surface area contributed by atoms with E-state index in [4.69, 9.17) is 0 Å². The molecule has 10 heteroatoms. The fourth-order valence-electron chi connectivity index (χ4n) is 3.25. The molecule has 0 spiro atoms. The average Bonchev–Trinajstić information content (AvgIpc) is 2.80. The number of piperazine rings is 1. The van der Waals surface area contributed by atoms with Crippen molar-refractivity contribution in [2.75, 3.05) is 36.4 Å². The zero-order chi connectivity index (χ0) is 21.8. The summed E-state index contributed by atoms with van der Waals surface area (Å²) in [6.45, 7) is 2.06. The molecule has 1 aliphatic rings. The maximum atomic E-state index is 12.6. The Hall–Kier alpha value is -3.69. The number of aromatic nitrogens is 3. The van der Waals surface area contributed by atoms with Gasteiger partial charge in [0.2, 0.25) is 0 Å². The van der Waals surface area contributed by atoms with E-state index in [1.54, 1.807) is 17.3 Å². The maximum absolute atomic E-state index is 12.6. The number of rotatable bonds is 3. The second-order valence-corrected chi connectivity index (χ2v) is 6.99. The monoisotopic (exact) mass is 428 g/mol. The summed E-state index contributed by atoms with van der Waals surface area (Å²) in [5.41, 5.74) is 1.24. The van der Waals surface area contributed by atoms with Crippen LogP contribution in [0.5, 0.6) is 0 Å². The SMILES string of the molecule is O=C(Nc1ccc(C(F)(F)F)cc1)N1CCN(c2ccc(-c3ccncc3)nn2)CC1. The normalized spacial score (nSPS) is 14.4. The topological polar surface area (TPSA) is 74.2 Å². The average molecular weight is 428 g/mol. The van der Waals surface area contributed by atoms with Crippen molar-refractivity contribution in [3.63, 3.8) is 0 Å². The van der Waals surface area contributed by atoms with Crippen molar-refractivity contribution in [2.45, 2.75) is 6.18 Å². The van der Waals surface area contributed by atoms with E-state index in [0.717, 1.165) is 29.2 Å². The van der Waals surface area contributed by atoms with Crippen LogP contribution in [-0.4, -0.2) is 52.3 Å². The van der Waals surface area contributed by atoms with Crippen molar-refractivity contribution in [1.29, 1.82) is 0 Å². The molecule has 2 aromatic heterocycles. The van der Waals surface area contributed by atoms with E-state index >= 15 is 0 Å². The zero-order valence-electron chi connectivity index (χ0n) is 16.4. The summed E-state index contributed by atoms with van der Waals surface area (Å²) in [5.74, 6) is 0.723. The number of carbonyl (C=O) groups excluding carboxylic acids is 1. The summed E-state index contributed by atoms with van der Waals surface area (Å²) in [7, 11) is 0. The Morgan fingerprint density at radius 1 is 0.871 bits per heavy atom. The lowest BCUT2D eigenvalue weighted by atomic mass is 10.2. The van der Waals surface area contributed by atoms with E-state index in [-0.39, 0.29) is 6.03 Å². The Balaban J connectivity index is 1.31. The van der Waals surface area contributed by atoms with Crippen LogP contribution in [0.15, 0.2) is 60.9 Å². The highest BCUT2D eigenvalue weighted by atomic mass is 19.4. The van der Waals surface area contributed by atoms with Crippen LogP contribution in [0.4, 0.5) is 29.5 Å². The number of benzene rings is 1. The summed E-state index contributed by atoms with van der Waals surface area (Å²) in [6, 6.07) is 11.5. The number of anilines is 2. The number of alkyl halides is 3. The third-order valence-corrected chi connectivity index (χ3v) is 4.98. The molecule has 160 valence electrons. The summed E-state index contributed by atoms with van der Waals surface area (Å²) < 4.78 is 37.9. The molecule has 0 radical (unpaired) electrons. The van der Waals surface area contributed by atoms with E-state index in [1.807, 2.05) is 29.2 Å². The largest absolute Gasteiger partial charge is 0.416 e. The number of hydrogen-bond acceptors (Lipinski definition) is 5. The van der Waals surface area contributed by atoms with Crippen molar-refractivity contribution in [2.24, 2.45) is 0 Å². The van der Waals surface area contributed by atoms with E-state index in [9.17, 15) is 18.0 Å². The molecule has 2 amide bonds. The second kappa shape index (κ2) is 8.58. The lowest BCUT2D eigenvalue weighted by Gasteiger charge is -2.35. The predicted octanol–water partition coefficient (Wildman–Crippen LogP) is 3.91. The molecule has 7 nitrogen and oxygen atoms in total. The molecule has 1 fully saturated rings. The van der Waals surface area contributed by atoms with Crippen LogP contribution in [-0.2, 0) is 6.18 Å². The molecule has 1 aliphatic heterocycles. The van der Waals surface area contributed by atoms with Crippen molar-refractivity contribution in [3.8, 4) is 11.3 Å². The fourth-order valence-corrected chi connectivity index (χ4v) is 3.25. The van der Waals surface area contributed by atoms with Gasteiger partial charge in [0.1, 0.15) is 0 Å². The highest BCUT2D eigenvalue weighted by Crippen LogP contribution is 2.30. The first-order valence-corrected chi connectivity index (χ1v) is 9.62. The number of nitrogens with zero attached hydrogens (tertiary/aromatic N) is 5. The Labute approximate surface area is 176 Å². The van der Waals surface area contributed by atoms with Crippen LogP contribution in [0, 0.1) is 0 Å². The highest BCUT2D eigenvalue weighted by molar-refractivity contribution is 5.89. The van der Waals surface area contributed by atoms with Gasteiger partial charge in [0.15, 0.2) is 5.82 Å². The molecule has 3 heterocycles. The zero-order valence-corrected chi connectivity index (χ0v) is 16.4. The minimum atomic E-state index is -4.40. The lowest BCUT2D eigenvalue weighted by Crippen LogP contribution is -2.50.